The van der Waals surface area contributed by atoms with Crippen LogP contribution in [-0.4, -0.2) is 22.4 Å². The summed E-state index contributed by atoms with van der Waals surface area (Å²) in [6.07, 6.45) is 7.02. The highest BCUT2D eigenvalue weighted by Crippen LogP contribution is 2.29. The summed E-state index contributed by atoms with van der Waals surface area (Å²) in [5, 5.41) is 7.89. The summed E-state index contributed by atoms with van der Waals surface area (Å²) < 4.78 is 1.97. The zero-order chi connectivity index (χ0) is 12.3. The zero-order valence-electron chi connectivity index (χ0n) is 11.3. The van der Waals surface area contributed by atoms with E-state index < -0.39 is 0 Å². The summed E-state index contributed by atoms with van der Waals surface area (Å²) in [6, 6.07) is 2.84. The van der Waals surface area contributed by atoms with E-state index in [2.05, 4.69) is 30.3 Å². The third-order valence-electron chi connectivity index (χ3n) is 4.33. The van der Waals surface area contributed by atoms with Gasteiger partial charge in [0.1, 0.15) is 0 Å². The van der Waals surface area contributed by atoms with E-state index in [4.69, 9.17) is 0 Å². The fraction of sp³-hybridized carbons (Fsp3) is 0.786. The van der Waals surface area contributed by atoms with Crippen LogP contribution in [0.2, 0.25) is 0 Å². The van der Waals surface area contributed by atoms with Crippen LogP contribution in [0.4, 0.5) is 0 Å². The molecule has 3 atom stereocenters. The van der Waals surface area contributed by atoms with Crippen LogP contribution >= 0.6 is 0 Å². The van der Waals surface area contributed by atoms with Gasteiger partial charge in [-0.05, 0) is 37.2 Å². The Morgan fingerprint density at radius 3 is 2.82 bits per heavy atom. The number of aromatic nitrogens is 2. The first-order chi connectivity index (χ1) is 8.16. The summed E-state index contributed by atoms with van der Waals surface area (Å²) in [5.41, 5.74) is 1.31. The Bertz CT molecular complexity index is 345. The van der Waals surface area contributed by atoms with Crippen LogP contribution in [0.1, 0.15) is 38.8 Å². The quantitative estimate of drug-likeness (QED) is 0.868. The molecule has 2 rings (SSSR count). The fourth-order valence-electron chi connectivity index (χ4n) is 2.78. The van der Waals surface area contributed by atoms with Crippen LogP contribution in [-0.2, 0) is 13.5 Å². The number of aryl methyl sites for hydroxylation is 1. The Kier molecular flexibility index (Phi) is 4.21. The molecule has 1 saturated carbocycles. The minimum Gasteiger partial charge on any atom is -0.314 e. The summed E-state index contributed by atoms with van der Waals surface area (Å²) in [7, 11) is 2.01. The van der Waals surface area contributed by atoms with Crippen molar-refractivity contribution in [1.29, 1.82) is 0 Å². The van der Waals surface area contributed by atoms with Crippen molar-refractivity contribution in [2.24, 2.45) is 18.9 Å². The molecular formula is C14H25N3. The van der Waals surface area contributed by atoms with Gasteiger partial charge in [-0.25, -0.2) is 0 Å². The first kappa shape index (κ1) is 12.6. The van der Waals surface area contributed by atoms with Crippen LogP contribution in [0.15, 0.2) is 12.3 Å². The lowest BCUT2D eigenvalue weighted by Crippen LogP contribution is -2.37. The SMILES string of the molecule is C[C@H]1CC[C@H](NCCc2ccnn2C)C[C@@H]1C. The molecule has 0 saturated heterocycles. The van der Waals surface area contributed by atoms with E-state index >= 15 is 0 Å². The molecule has 3 nitrogen and oxygen atoms in total. The van der Waals surface area contributed by atoms with Gasteiger partial charge in [0.15, 0.2) is 0 Å². The van der Waals surface area contributed by atoms with Crippen LogP contribution in [0.3, 0.4) is 0 Å². The van der Waals surface area contributed by atoms with Gasteiger partial charge >= 0.3 is 0 Å². The van der Waals surface area contributed by atoms with Crippen molar-refractivity contribution in [3.63, 3.8) is 0 Å². The van der Waals surface area contributed by atoms with E-state index in [9.17, 15) is 0 Å². The van der Waals surface area contributed by atoms with Gasteiger partial charge < -0.3 is 5.32 Å². The summed E-state index contributed by atoms with van der Waals surface area (Å²) in [4.78, 5) is 0. The summed E-state index contributed by atoms with van der Waals surface area (Å²) in [6.45, 7) is 5.85. The topological polar surface area (TPSA) is 29.9 Å². The molecule has 1 heterocycles. The van der Waals surface area contributed by atoms with Crippen molar-refractivity contribution >= 4 is 0 Å². The highest BCUT2D eigenvalue weighted by atomic mass is 15.3. The third kappa shape index (κ3) is 3.32. The Labute approximate surface area is 105 Å². The number of rotatable bonds is 4. The van der Waals surface area contributed by atoms with E-state index in [1.807, 2.05) is 17.9 Å². The molecule has 1 aromatic heterocycles. The number of hydrogen-bond acceptors (Lipinski definition) is 2. The van der Waals surface area contributed by atoms with Gasteiger partial charge in [-0.3, -0.25) is 4.68 Å². The lowest BCUT2D eigenvalue weighted by molar-refractivity contribution is 0.227. The smallest absolute Gasteiger partial charge is 0.0492 e. The van der Waals surface area contributed by atoms with Crippen molar-refractivity contribution < 1.29 is 0 Å². The van der Waals surface area contributed by atoms with Crippen molar-refractivity contribution in [2.75, 3.05) is 6.54 Å². The van der Waals surface area contributed by atoms with Gasteiger partial charge in [0.25, 0.3) is 0 Å². The molecule has 1 aliphatic rings. The Morgan fingerprint density at radius 2 is 2.18 bits per heavy atom. The molecular weight excluding hydrogens is 210 g/mol. The Hall–Kier alpha value is -0.830. The van der Waals surface area contributed by atoms with Crippen LogP contribution < -0.4 is 5.32 Å². The second-order valence-electron chi connectivity index (χ2n) is 5.61. The van der Waals surface area contributed by atoms with Gasteiger partial charge in [0, 0.05) is 37.9 Å². The molecule has 3 heteroatoms. The van der Waals surface area contributed by atoms with Crippen molar-refractivity contribution in [2.45, 2.75) is 45.6 Å². The average molecular weight is 235 g/mol. The predicted octanol–water partition coefficient (Wildman–Crippen LogP) is 2.38. The van der Waals surface area contributed by atoms with Crippen LogP contribution in [0, 0.1) is 11.8 Å². The van der Waals surface area contributed by atoms with Gasteiger partial charge in [-0.1, -0.05) is 13.8 Å². The Morgan fingerprint density at radius 1 is 1.35 bits per heavy atom. The molecule has 0 spiro atoms. The molecule has 96 valence electrons. The van der Waals surface area contributed by atoms with Gasteiger partial charge in [0.2, 0.25) is 0 Å². The highest BCUT2D eigenvalue weighted by Gasteiger charge is 2.23. The van der Waals surface area contributed by atoms with Gasteiger partial charge in [0.05, 0.1) is 0 Å². The summed E-state index contributed by atoms with van der Waals surface area (Å²) in [5.74, 6) is 1.78. The lowest BCUT2D eigenvalue weighted by Gasteiger charge is -2.32. The molecule has 1 N–H and O–H groups in total. The average Bonchev–Trinajstić information content (AvgIpc) is 2.70. The maximum atomic E-state index is 4.19. The lowest BCUT2D eigenvalue weighted by atomic mass is 9.79. The molecule has 17 heavy (non-hydrogen) atoms. The van der Waals surface area contributed by atoms with Crippen LogP contribution in [0.5, 0.6) is 0 Å². The van der Waals surface area contributed by atoms with Crippen molar-refractivity contribution in [3.8, 4) is 0 Å². The first-order valence-corrected chi connectivity index (χ1v) is 6.87. The minimum absolute atomic E-state index is 0.731. The van der Waals surface area contributed by atoms with E-state index in [1.54, 1.807) is 0 Å². The molecule has 1 aromatic rings. The molecule has 0 unspecified atom stereocenters. The second kappa shape index (κ2) is 5.67. The van der Waals surface area contributed by atoms with E-state index in [0.29, 0.717) is 0 Å². The maximum Gasteiger partial charge on any atom is 0.0492 e. The van der Waals surface area contributed by atoms with Crippen molar-refractivity contribution in [3.05, 3.63) is 18.0 Å². The molecule has 1 aliphatic carbocycles. The largest absolute Gasteiger partial charge is 0.314 e. The fourth-order valence-corrected chi connectivity index (χ4v) is 2.78. The molecule has 0 aromatic carbocycles. The van der Waals surface area contributed by atoms with Crippen molar-refractivity contribution in [1.82, 2.24) is 15.1 Å². The molecule has 0 aliphatic heterocycles. The minimum atomic E-state index is 0.731. The zero-order valence-corrected chi connectivity index (χ0v) is 11.3. The molecule has 0 amide bonds. The molecule has 0 bridgehead atoms. The highest BCUT2D eigenvalue weighted by molar-refractivity contribution is 5.00. The van der Waals surface area contributed by atoms with E-state index in [0.717, 1.165) is 30.8 Å². The van der Waals surface area contributed by atoms with Gasteiger partial charge in [-0.15, -0.1) is 0 Å². The summed E-state index contributed by atoms with van der Waals surface area (Å²) >= 11 is 0. The molecule has 1 fully saturated rings. The van der Waals surface area contributed by atoms with Gasteiger partial charge in [-0.2, -0.15) is 5.10 Å². The number of hydrogen-bond donors (Lipinski definition) is 1. The first-order valence-electron chi connectivity index (χ1n) is 6.87. The monoisotopic (exact) mass is 235 g/mol. The van der Waals surface area contributed by atoms with E-state index in [1.165, 1.54) is 25.0 Å². The Balaban J connectivity index is 1.71. The maximum absolute atomic E-state index is 4.19. The predicted molar refractivity (Wildman–Crippen MR) is 70.9 cm³/mol. The second-order valence-corrected chi connectivity index (χ2v) is 5.61. The normalized spacial score (nSPS) is 29.5. The standard InChI is InChI=1S/C14H25N3/c1-11-4-5-13(10-12(11)2)15-8-6-14-7-9-16-17(14)3/h7,9,11-13,15H,4-6,8,10H2,1-3H3/t11-,12-,13-/m0/s1. The third-order valence-corrected chi connectivity index (χ3v) is 4.33. The van der Waals surface area contributed by atoms with Crippen LogP contribution in [0.25, 0.3) is 0 Å². The number of nitrogens with one attached hydrogen (secondary N) is 1. The number of nitrogens with zero attached hydrogens (tertiary/aromatic N) is 2. The van der Waals surface area contributed by atoms with E-state index in [-0.39, 0.29) is 0 Å². The molecule has 0 radical (unpaired) electrons.